The van der Waals surface area contributed by atoms with Gasteiger partial charge >= 0.3 is 5.69 Å². The van der Waals surface area contributed by atoms with Gasteiger partial charge in [-0.2, -0.15) is 0 Å². The molecule has 0 saturated carbocycles. The first-order chi connectivity index (χ1) is 7.99. The summed E-state index contributed by atoms with van der Waals surface area (Å²) in [5.74, 6) is -1.33. The molecule has 2 rings (SSSR count). The van der Waals surface area contributed by atoms with Gasteiger partial charge in [0.1, 0.15) is 0 Å². The van der Waals surface area contributed by atoms with Crippen molar-refractivity contribution in [1.82, 2.24) is 4.98 Å². The molecular formula is C9H8BrN3O4S. The van der Waals surface area contributed by atoms with Gasteiger partial charge in [-0.15, -0.1) is 28.3 Å². The van der Waals surface area contributed by atoms with Crippen molar-refractivity contribution in [2.45, 2.75) is 0 Å². The van der Waals surface area contributed by atoms with Gasteiger partial charge in [0.05, 0.1) is 10.6 Å². The van der Waals surface area contributed by atoms with Crippen molar-refractivity contribution < 1.29 is 15.1 Å². The minimum Gasteiger partial charge on any atom is -0.504 e. The molecule has 0 aliphatic heterocycles. The van der Waals surface area contributed by atoms with Crippen LogP contribution >= 0.6 is 28.3 Å². The molecule has 0 unspecified atom stereocenters. The van der Waals surface area contributed by atoms with Gasteiger partial charge < -0.3 is 15.9 Å². The lowest BCUT2D eigenvalue weighted by Gasteiger charge is -2.02. The van der Waals surface area contributed by atoms with Crippen molar-refractivity contribution >= 4 is 39.1 Å². The molecule has 1 aromatic heterocycles. The summed E-state index contributed by atoms with van der Waals surface area (Å²) in [6.07, 6.45) is 0. The zero-order valence-corrected chi connectivity index (χ0v) is 11.3. The minimum atomic E-state index is -0.783. The Kier molecular flexibility index (Phi) is 4.09. The summed E-state index contributed by atoms with van der Waals surface area (Å²) in [6.45, 7) is 0. The number of nitro groups is 1. The number of anilines is 1. The van der Waals surface area contributed by atoms with Gasteiger partial charge in [0, 0.05) is 17.0 Å². The molecule has 7 nitrogen and oxygen atoms in total. The second-order valence-corrected chi connectivity index (χ2v) is 4.08. The normalized spacial score (nSPS) is 9.78. The van der Waals surface area contributed by atoms with Crippen molar-refractivity contribution in [1.29, 1.82) is 0 Å². The number of nitro benzene ring substituents is 1. The third-order valence-electron chi connectivity index (χ3n) is 2.08. The first-order valence-electron chi connectivity index (χ1n) is 4.41. The average Bonchev–Trinajstić information content (AvgIpc) is 2.68. The van der Waals surface area contributed by atoms with Crippen LogP contribution in [0.3, 0.4) is 0 Å². The van der Waals surface area contributed by atoms with E-state index in [1.807, 2.05) is 0 Å². The van der Waals surface area contributed by atoms with E-state index in [9.17, 15) is 20.3 Å². The van der Waals surface area contributed by atoms with Crippen molar-refractivity contribution in [2.75, 3.05) is 5.73 Å². The van der Waals surface area contributed by atoms with Crippen molar-refractivity contribution in [2.24, 2.45) is 0 Å². The number of aromatic nitrogens is 1. The Morgan fingerprint density at radius 3 is 2.56 bits per heavy atom. The number of aromatic hydroxyl groups is 2. The van der Waals surface area contributed by atoms with Gasteiger partial charge in [-0.3, -0.25) is 10.1 Å². The molecule has 0 amide bonds. The lowest BCUT2D eigenvalue weighted by atomic mass is 10.1. The third-order valence-corrected chi connectivity index (χ3v) is 2.76. The smallest absolute Gasteiger partial charge is 0.315 e. The van der Waals surface area contributed by atoms with Crippen LogP contribution in [-0.4, -0.2) is 20.1 Å². The molecule has 0 fully saturated rings. The molecular weight excluding hydrogens is 326 g/mol. The second kappa shape index (κ2) is 5.19. The van der Waals surface area contributed by atoms with Crippen LogP contribution in [0.1, 0.15) is 0 Å². The zero-order valence-electron chi connectivity index (χ0n) is 8.73. The predicted molar refractivity (Wildman–Crippen MR) is 72.3 cm³/mol. The second-order valence-electron chi connectivity index (χ2n) is 3.19. The predicted octanol–water partition coefficient (Wildman–Crippen LogP) is 2.29. The standard InChI is InChI=1S/C9H7N3O4S.BrH/c10-9-11-5(3-17-9)4-1-6(12(15)16)8(14)7(13)2-4;/h1-3,13-14H,(H2,10,11);1H. The van der Waals surface area contributed by atoms with Gasteiger partial charge in [-0.1, -0.05) is 0 Å². The summed E-state index contributed by atoms with van der Waals surface area (Å²) >= 11 is 1.18. The summed E-state index contributed by atoms with van der Waals surface area (Å²) in [6, 6.07) is 2.32. The number of phenolic OH excluding ortho intramolecular Hbond substituents is 2. The van der Waals surface area contributed by atoms with Crippen LogP contribution in [0.4, 0.5) is 10.8 Å². The van der Waals surface area contributed by atoms with E-state index in [1.54, 1.807) is 5.38 Å². The highest BCUT2D eigenvalue weighted by atomic mass is 79.9. The maximum atomic E-state index is 10.7. The van der Waals surface area contributed by atoms with Crippen molar-refractivity contribution in [3.8, 4) is 22.8 Å². The number of halogens is 1. The van der Waals surface area contributed by atoms with Gasteiger partial charge in [0.15, 0.2) is 10.9 Å². The van der Waals surface area contributed by atoms with Crippen molar-refractivity contribution in [3.05, 3.63) is 27.6 Å². The van der Waals surface area contributed by atoms with Gasteiger partial charge in [0.2, 0.25) is 5.75 Å². The fourth-order valence-electron chi connectivity index (χ4n) is 1.31. The topological polar surface area (TPSA) is 123 Å². The van der Waals surface area contributed by atoms with E-state index in [1.165, 1.54) is 17.4 Å². The lowest BCUT2D eigenvalue weighted by Crippen LogP contribution is -1.90. The van der Waals surface area contributed by atoms with E-state index >= 15 is 0 Å². The number of nitrogen functional groups attached to an aromatic ring is 1. The lowest BCUT2D eigenvalue weighted by molar-refractivity contribution is -0.385. The highest BCUT2D eigenvalue weighted by Crippen LogP contribution is 2.39. The van der Waals surface area contributed by atoms with Crippen LogP contribution in [0.2, 0.25) is 0 Å². The van der Waals surface area contributed by atoms with Crippen LogP contribution in [0.5, 0.6) is 11.5 Å². The molecule has 18 heavy (non-hydrogen) atoms. The number of phenols is 2. The summed E-state index contributed by atoms with van der Waals surface area (Å²) < 4.78 is 0. The molecule has 0 saturated heterocycles. The Morgan fingerprint density at radius 1 is 1.39 bits per heavy atom. The van der Waals surface area contributed by atoms with E-state index in [4.69, 9.17) is 5.73 Å². The molecule has 1 heterocycles. The molecule has 0 radical (unpaired) electrons. The largest absolute Gasteiger partial charge is 0.504 e. The molecule has 0 atom stereocenters. The highest BCUT2D eigenvalue weighted by Gasteiger charge is 2.20. The highest BCUT2D eigenvalue weighted by molar-refractivity contribution is 8.93. The van der Waals surface area contributed by atoms with Crippen LogP contribution in [0, 0.1) is 10.1 Å². The summed E-state index contributed by atoms with van der Waals surface area (Å²) in [5.41, 5.74) is 5.59. The van der Waals surface area contributed by atoms with Crippen LogP contribution in [0.15, 0.2) is 17.5 Å². The van der Waals surface area contributed by atoms with Gasteiger partial charge in [-0.25, -0.2) is 4.98 Å². The van der Waals surface area contributed by atoms with E-state index in [0.717, 1.165) is 6.07 Å². The van der Waals surface area contributed by atoms with E-state index in [0.29, 0.717) is 16.4 Å². The average molecular weight is 334 g/mol. The number of hydrogen-bond donors (Lipinski definition) is 3. The first kappa shape index (κ1) is 14.2. The molecule has 0 aliphatic carbocycles. The van der Waals surface area contributed by atoms with Gasteiger partial charge in [0.25, 0.3) is 0 Å². The quantitative estimate of drug-likeness (QED) is 0.440. The number of rotatable bonds is 2. The Labute approximate surface area is 115 Å². The third kappa shape index (κ3) is 2.51. The van der Waals surface area contributed by atoms with Crippen molar-refractivity contribution in [3.63, 3.8) is 0 Å². The number of nitrogens with two attached hydrogens (primary N) is 1. The first-order valence-corrected chi connectivity index (χ1v) is 5.28. The van der Waals surface area contributed by atoms with Crippen LogP contribution < -0.4 is 5.73 Å². The van der Waals surface area contributed by atoms with Gasteiger partial charge in [-0.05, 0) is 6.07 Å². The fourth-order valence-corrected chi connectivity index (χ4v) is 1.88. The SMILES string of the molecule is Br.Nc1nc(-c2cc(O)c(O)c([N+](=O)[O-])c2)cs1. The Hall–Kier alpha value is -1.87. The Morgan fingerprint density at radius 2 is 2.06 bits per heavy atom. The molecule has 0 bridgehead atoms. The van der Waals surface area contributed by atoms with E-state index < -0.39 is 22.1 Å². The van der Waals surface area contributed by atoms with Crippen LogP contribution in [0.25, 0.3) is 11.3 Å². The molecule has 96 valence electrons. The molecule has 0 spiro atoms. The fraction of sp³-hybridized carbons (Fsp3) is 0. The molecule has 4 N–H and O–H groups in total. The zero-order chi connectivity index (χ0) is 12.6. The monoisotopic (exact) mass is 333 g/mol. The van der Waals surface area contributed by atoms with Crippen LogP contribution in [-0.2, 0) is 0 Å². The number of nitrogens with zero attached hydrogens (tertiary/aromatic N) is 2. The summed E-state index contributed by atoms with van der Waals surface area (Å²) in [7, 11) is 0. The molecule has 9 heteroatoms. The van der Waals surface area contributed by atoms with E-state index in [-0.39, 0.29) is 17.0 Å². The Balaban J connectivity index is 0.00000162. The molecule has 2 aromatic rings. The van der Waals surface area contributed by atoms with E-state index in [2.05, 4.69) is 4.98 Å². The number of thiazole rings is 1. The molecule has 1 aromatic carbocycles. The number of hydrogen-bond acceptors (Lipinski definition) is 7. The minimum absolute atomic E-state index is 0. The Bertz CT molecular complexity index is 601. The number of benzene rings is 1. The maximum Gasteiger partial charge on any atom is 0.315 e. The summed E-state index contributed by atoms with van der Waals surface area (Å²) in [5, 5.41) is 31.3. The molecule has 0 aliphatic rings. The maximum absolute atomic E-state index is 10.7. The summed E-state index contributed by atoms with van der Waals surface area (Å²) in [4.78, 5) is 13.8.